The van der Waals surface area contributed by atoms with E-state index in [0.29, 0.717) is 54.5 Å². The number of aryl methyl sites for hydroxylation is 3. The molecule has 0 unspecified atom stereocenters. The van der Waals surface area contributed by atoms with E-state index in [-0.39, 0.29) is 29.1 Å². The Morgan fingerprint density at radius 1 is 0.960 bits per heavy atom. The number of carbonyl (C=O) groups excluding carboxylic acids is 2. The summed E-state index contributed by atoms with van der Waals surface area (Å²) in [5.74, 6) is 0.0466. The van der Waals surface area contributed by atoms with Gasteiger partial charge in [-0.05, 0) is 88.2 Å². The fourth-order valence-corrected chi connectivity index (χ4v) is 5.92. The van der Waals surface area contributed by atoms with Gasteiger partial charge in [-0.3, -0.25) is 9.59 Å². The second-order valence-electron chi connectivity index (χ2n) is 12.4. The molecule has 2 heterocycles. The maximum absolute atomic E-state index is 15.3. The Balaban J connectivity index is 1.45. The van der Waals surface area contributed by atoms with Crippen molar-refractivity contribution in [2.75, 3.05) is 69.0 Å². The molecule has 11 nitrogen and oxygen atoms in total. The molecule has 1 aliphatic rings. The minimum Gasteiger partial charge on any atom is -0.493 e. The highest BCUT2D eigenvalue weighted by Crippen LogP contribution is 2.35. The number of aromatic nitrogens is 2. The van der Waals surface area contributed by atoms with E-state index in [9.17, 15) is 9.59 Å². The van der Waals surface area contributed by atoms with Gasteiger partial charge in [-0.2, -0.15) is 4.98 Å². The van der Waals surface area contributed by atoms with Crippen LogP contribution in [-0.4, -0.2) is 85.0 Å². The predicted octanol–water partition coefficient (Wildman–Crippen LogP) is 6.58. The number of rotatable bonds is 13. The number of anilines is 4. The summed E-state index contributed by atoms with van der Waals surface area (Å²) in [7, 11) is 3.58. The Kier molecular flexibility index (Phi) is 11.9. The smallest absolute Gasteiger partial charge is 0.262 e. The second-order valence-corrected chi connectivity index (χ2v) is 12.4. The molecular formula is C38H46FN7O4. The third-order valence-corrected chi connectivity index (χ3v) is 8.94. The van der Waals surface area contributed by atoms with Gasteiger partial charge in [0, 0.05) is 63.3 Å². The number of nitrogens with zero attached hydrogens (tertiary/aromatic N) is 5. The number of ether oxygens (including phenoxy) is 2. The number of likely N-dealkylation sites (N-methyl/N-ethyl adjacent to an activating group) is 1. The fourth-order valence-electron chi connectivity index (χ4n) is 5.92. The number of halogens is 1. The van der Waals surface area contributed by atoms with Crippen LogP contribution >= 0.6 is 0 Å². The van der Waals surface area contributed by atoms with Crippen LogP contribution in [-0.2, 0) is 11.2 Å². The number of para-hydroxylation sites is 1. The lowest BCUT2D eigenvalue weighted by atomic mass is 10.1. The summed E-state index contributed by atoms with van der Waals surface area (Å²) in [4.78, 5) is 41.5. The van der Waals surface area contributed by atoms with Gasteiger partial charge < -0.3 is 34.8 Å². The molecule has 5 rings (SSSR count). The first-order chi connectivity index (χ1) is 24.1. The first-order valence-electron chi connectivity index (χ1n) is 17.0. The summed E-state index contributed by atoms with van der Waals surface area (Å²) in [6, 6.07) is 16.1. The average molecular weight is 684 g/mol. The van der Waals surface area contributed by atoms with Crippen molar-refractivity contribution >= 4 is 34.8 Å². The molecule has 2 N–H and O–H groups in total. The van der Waals surface area contributed by atoms with Crippen molar-refractivity contribution in [3.05, 3.63) is 88.9 Å². The van der Waals surface area contributed by atoms with Crippen LogP contribution in [0.2, 0.25) is 0 Å². The van der Waals surface area contributed by atoms with E-state index in [1.165, 1.54) is 19.4 Å². The maximum Gasteiger partial charge on any atom is 0.262 e. The van der Waals surface area contributed by atoms with Gasteiger partial charge in [-0.1, -0.05) is 24.3 Å². The van der Waals surface area contributed by atoms with Crippen molar-refractivity contribution in [1.29, 1.82) is 0 Å². The lowest BCUT2D eigenvalue weighted by Crippen LogP contribution is -2.44. The molecule has 1 aromatic heterocycles. The lowest BCUT2D eigenvalue weighted by Gasteiger charge is -2.34. The van der Waals surface area contributed by atoms with Gasteiger partial charge in [-0.15, -0.1) is 0 Å². The third-order valence-electron chi connectivity index (χ3n) is 8.94. The van der Waals surface area contributed by atoms with E-state index < -0.39 is 5.91 Å². The van der Waals surface area contributed by atoms with Crippen LogP contribution in [0, 0.1) is 19.7 Å². The molecule has 0 radical (unpaired) electrons. The molecule has 3 aromatic carbocycles. The Bertz CT molecular complexity index is 1800. The molecule has 0 aliphatic carbocycles. The summed E-state index contributed by atoms with van der Waals surface area (Å²) in [6.45, 7) is 12.3. The van der Waals surface area contributed by atoms with Gasteiger partial charge in [0.25, 0.3) is 5.91 Å². The first-order valence-corrected chi connectivity index (χ1v) is 17.0. The standard InChI is InChI=1S/C38H46FN7O4/c1-7-45(8-2)34(47)17-13-27-12-16-32(49-6)33(22-27)50-37-29(36(48)42-35-25(3)10-9-11-26(35)4)24-40-38(43-37)41-28-14-15-31(30(39)23-28)46-20-18-44(5)19-21-46/h9-12,14-16,22-24H,7-8,13,17-21H2,1-6H3,(H,42,48)(H,40,41,43). The minimum atomic E-state index is -0.466. The summed E-state index contributed by atoms with van der Waals surface area (Å²) in [6.07, 6.45) is 2.20. The normalized spacial score (nSPS) is 13.1. The summed E-state index contributed by atoms with van der Waals surface area (Å²) >= 11 is 0. The summed E-state index contributed by atoms with van der Waals surface area (Å²) in [5, 5.41) is 6.04. The molecular weight excluding hydrogens is 637 g/mol. The molecule has 4 aromatic rings. The second kappa shape index (κ2) is 16.4. The van der Waals surface area contributed by atoms with Crippen molar-refractivity contribution in [2.24, 2.45) is 0 Å². The molecule has 1 fully saturated rings. The number of hydrogen-bond donors (Lipinski definition) is 2. The van der Waals surface area contributed by atoms with Gasteiger partial charge in [-0.25, -0.2) is 9.37 Å². The highest BCUT2D eigenvalue weighted by molar-refractivity contribution is 6.06. The number of piperazine rings is 1. The zero-order valence-electron chi connectivity index (χ0n) is 29.7. The molecule has 50 heavy (non-hydrogen) atoms. The summed E-state index contributed by atoms with van der Waals surface area (Å²) < 4.78 is 27.2. The zero-order chi connectivity index (χ0) is 35.8. The van der Waals surface area contributed by atoms with Gasteiger partial charge in [0.1, 0.15) is 11.4 Å². The van der Waals surface area contributed by atoms with Gasteiger partial charge >= 0.3 is 0 Å². The van der Waals surface area contributed by atoms with Crippen LogP contribution in [0.1, 0.15) is 47.3 Å². The van der Waals surface area contributed by atoms with Crippen molar-refractivity contribution in [1.82, 2.24) is 19.8 Å². The SMILES string of the molecule is CCN(CC)C(=O)CCc1ccc(OC)c(Oc2nc(Nc3ccc(N4CCN(C)CC4)c(F)c3)ncc2C(=O)Nc2c(C)cccc2C)c1. The summed E-state index contributed by atoms with van der Waals surface area (Å²) in [5.41, 5.74) is 4.39. The molecule has 1 aliphatic heterocycles. The molecule has 0 spiro atoms. The minimum absolute atomic E-state index is 0.0320. The highest BCUT2D eigenvalue weighted by Gasteiger charge is 2.22. The largest absolute Gasteiger partial charge is 0.493 e. The average Bonchev–Trinajstić information content (AvgIpc) is 3.10. The monoisotopic (exact) mass is 683 g/mol. The van der Waals surface area contributed by atoms with E-state index in [0.717, 1.165) is 42.9 Å². The topological polar surface area (TPSA) is 112 Å². The van der Waals surface area contributed by atoms with Crippen molar-refractivity contribution in [3.63, 3.8) is 0 Å². The van der Waals surface area contributed by atoms with Crippen molar-refractivity contribution in [2.45, 2.75) is 40.5 Å². The molecule has 0 atom stereocenters. The highest BCUT2D eigenvalue weighted by atomic mass is 19.1. The molecule has 0 bridgehead atoms. The van der Waals surface area contributed by atoms with Crippen LogP contribution < -0.4 is 25.0 Å². The molecule has 1 saturated heterocycles. The number of nitrogens with one attached hydrogen (secondary N) is 2. The van der Waals surface area contributed by atoms with Crippen molar-refractivity contribution in [3.8, 4) is 17.4 Å². The predicted molar refractivity (Wildman–Crippen MR) is 195 cm³/mol. The van der Waals surface area contributed by atoms with Gasteiger partial charge in [0.15, 0.2) is 11.5 Å². The maximum atomic E-state index is 15.3. The molecule has 264 valence electrons. The van der Waals surface area contributed by atoms with Crippen LogP contribution in [0.15, 0.2) is 60.8 Å². The van der Waals surface area contributed by atoms with Crippen LogP contribution in [0.3, 0.4) is 0 Å². The number of benzene rings is 3. The fraction of sp³-hybridized carbons (Fsp3) is 0.368. The van der Waals surface area contributed by atoms with Gasteiger partial charge in [0.05, 0.1) is 12.8 Å². The lowest BCUT2D eigenvalue weighted by molar-refractivity contribution is -0.130. The van der Waals surface area contributed by atoms with Crippen molar-refractivity contribution < 1.29 is 23.5 Å². The van der Waals surface area contributed by atoms with Crippen LogP contribution in [0.25, 0.3) is 0 Å². The Hall–Kier alpha value is -5.23. The number of hydrogen-bond acceptors (Lipinski definition) is 9. The van der Waals surface area contributed by atoms with E-state index in [1.807, 2.05) is 56.9 Å². The molecule has 0 saturated carbocycles. The van der Waals surface area contributed by atoms with Gasteiger partial charge in [0.2, 0.25) is 17.7 Å². The van der Waals surface area contributed by atoms with E-state index in [2.05, 4.69) is 32.5 Å². The number of methoxy groups -OCH3 is 1. The Morgan fingerprint density at radius 2 is 1.68 bits per heavy atom. The molecule has 2 amide bonds. The number of amides is 2. The molecule has 12 heteroatoms. The Labute approximate surface area is 293 Å². The number of carbonyl (C=O) groups is 2. The van der Waals surface area contributed by atoms with E-state index in [4.69, 9.17) is 9.47 Å². The quantitative estimate of drug-likeness (QED) is 0.161. The Morgan fingerprint density at radius 3 is 2.34 bits per heavy atom. The first kappa shape index (κ1) is 36.1. The van der Waals surface area contributed by atoms with Crippen LogP contribution in [0.5, 0.6) is 17.4 Å². The van der Waals surface area contributed by atoms with E-state index >= 15 is 4.39 Å². The third kappa shape index (κ3) is 8.67. The zero-order valence-corrected chi connectivity index (χ0v) is 29.7. The van der Waals surface area contributed by atoms with Crippen LogP contribution in [0.4, 0.5) is 27.4 Å². The van der Waals surface area contributed by atoms with E-state index in [1.54, 1.807) is 29.2 Å².